The van der Waals surface area contributed by atoms with Crippen LogP contribution in [-0.4, -0.2) is 132 Å². The van der Waals surface area contributed by atoms with Crippen LogP contribution in [0.1, 0.15) is 88.5 Å². The summed E-state index contributed by atoms with van der Waals surface area (Å²) in [5, 5.41) is 28.2. The van der Waals surface area contributed by atoms with Gasteiger partial charge in [0.2, 0.25) is 0 Å². The number of rotatable bonds is 6. The van der Waals surface area contributed by atoms with Gasteiger partial charge >= 0.3 is 17.9 Å². The molecule has 15 nitrogen and oxygen atoms in total. The van der Waals surface area contributed by atoms with Crippen LogP contribution in [0, 0.1) is 23.7 Å². The van der Waals surface area contributed by atoms with Gasteiger partial charge in [-0.15, -0.1) is 0 Å². The molecule has 0 radical (unpaired) electrons. The number of likely N-dealkylation sites (N-methyl/N-ethyl adjacent to an activating group) is 1. The van der Waals surface area contributed by atoms with Crippen LogP contribution in [0.5, 0.6) is 0 Å². The normalized spacial score (nSPS) is 42.7. The number of aliphatic hydroxyl groups is 2. The zero-order chi connectivity index (χ0) is 38.6. The SMILES string of the molecule is CC[C@H]1OC(=O)[C@H](C)[C@@H](O)[C@@H](C)[C@@H](O[C@@H]2O[C@H](C)C[C@H](N(C)C)[C@H]2OC(C)=O)[C@@]2(C)C[C@@H](C)/C(=N\OC(C)=O)[C@H](C)[C@@H](OCC(=O)CO2)[C@]1(C)O. The lowest BCUT2D eigenvalue weighted by molar-refractivity contribution is -0.304. The van der Waals surface area contributed by atoms with E-state index in [2.05, 4.69) is 5.16 Å². The van der Waals surface area contributed by atoms with Crippen molar-refractivity contribution in [2.24, 2.45) is 28.8 Å². The molecule has 0 aliphatic carbocycles. The Bertz CT molecular complexity index is 1270. The molecule has 14 atom stereocenters. The van der Waals surface area contributed by atoms with Crippen LogP contribution >= 0.6 is 0 Å². The average molecular weight is 729 g/mol. The third kappa shape index (κ3) is 10.1. The minimum absolute atomic E-state index is 0.0922. The molecule has 0 unspecified atom stereocenters. The second-order valence-corrected chi connectivity index (χ2v) is 15.3. The molecular formula is C36H60N2O13. The summed E-state index contributed by atoms with van der Waals surface area (Å²) >= 11 is 0. The number of nitrogens with zero attached hydrogens (tertiary/aromatic N) is 2. The zero-order valence-electron chi connectivity index (χ0n) is 32.2. The molecule has 3 fully saturated rings. The first-order valence-corrected chi connectivity index (χ1v) is 17.9. The van der Waals surface area contributed by atoms with Gasteiger partial charge in [-0.1, -0.05) is 32.9 Å². The number of cyclic esters (lactones) is 1. The Morgan fingerprint density at radius 3 is 2.24 bits per heavy atom. The monoisotopic (exact) mass is 728 g/mol. The summed E-state index contributed by atoms with van der Waals surface area (Å²) in [7, 11) is 3.72. The number of oxime groups is 1. The van der Waals surface area contributed by atoms with Crippen molar-refractivity contribution >= 4 is 29.4 Å². The molecule has 51 heavy (non-hydrogen) atoms. The molecule has 2 N–H and O–H groups in total. The molecule has 3 saturated heterocycles. The number of carbonyl (C=O) groups excluding carboxylic acids is 4. The van der Waals surface area contributed by atoms with Crippen LogP contribution in [-0.2, 0) is 52.4 Å². The van der Waals surface area contributed by atoms with Gasteiger partial charge in [-0.3, -0.25) is 14.4 Å². The Balaban J connectivity index is 2.32. The summed E-state index contributed by atoms with van der Waals surface area (Å²) in [5.41, 5.74) is -2.98. The lowest BCUT2D eigenvalue weighted by Crippen LogP contribution is -2.61. The Labute approximate surface area is 301 Å². The molecule has 0 aromatic rings. The number of carbonyl (C=O) groups is 4. The molecule has 3 rings (SSSR count). The smallest absolute Gasteiger partial charge is 0.331 e. The molecule has 3 aliphatic rings. The molecule has 0 saturated carbocycles. The molecule has 3 heterocycles. The van der Waals surface area contributed by atoms with Crippen molar-refractivity contribution in [3.05, 3.63) is 0 Å². The molecule has 292 valence electrons. The fourth-order valence-electron chi connectivity index (χ4n) is 7.90. The molecule has 0 aromatic carbocycles. The van der Waals surface area contributed by atoms with Gasteiger partial charge in [0.25, 0.3) is 0 Å². The highest BCUT2D eigenvalue weighted by Gasteiger charge is 2.53. The van der Waals surface area contributed by atoms with Crippen molar-refractivity contribution in [1.29, 1.82) is 0 Å². The van der Waals surface area contributed by atoms with Crippen molar-refractivity contribution in [2.75, 3.05) is 27.3 Å². The predicted molar refractivity (Wildman–Crippen MR) is 183 cm³/mol. The van der Waals surface area contributed by atoms with Crippen molar-refractivity contribution in [1.82, 2.24) is 4.90 Å². The molecule has 3 aliphatic heterocycles. The van der Waals surface area contributed by atoms with Gasteiger partial charge in [0.05, 0.1) is 47.7 Å². The minimum atomic E-state index is -1.87. The Morgan fingerprint density at radius 1 is 1.02 bits per heavy atom. The number of Topliss-reactive ketones (excluding diaryl/α,β-unsaturated/α-hetero) is 1. The largest absolute Gasteiger partial charge is 0.459 e. The number of ether oxygens (including phenoxy) is 6. The first-order valence-electron chi connectivity index (χ1n) is 17.9. The maximum absolute atomic E-state index is 13.7. The van der Waals surface area contributed by atoms with E-state index in [1.165, 1.54) is 27.7 Å². The third-order valence-electron chi connectivity index (χ3n) is 10.6. The molecule has 0 amide bonds. The van der Waals surface area contributed by atoms with Crippen LogP contribution in [0.4, 0.5) is 0 Å². The quantitative estimate of drug-likeness (QED) is 0.230. The van der Waals surface area contributed by atoms with E-state index in [-0.39, 0.29) is 25.0 Å². The summed E-state index contributed by atoms with van der Waals surface area (Å²) in [5.74, 6) is -5.77. The fourth-order valence-corrected chi connectivity index (χ4v) is 7.90. The standard InChI is InChI=1S/C36H60N2O13/c1-13-27-36(10,44)32-20(4)28(37-51-24(8)40)18(2)15-35(9,46-17-25(41)16-45-32)31(21(5)29(42)22(6)33(43)49-27)50-34-30(48-23(7)39)26(38(11)12)14-19(3)47-34/h18-22,26-27,29-32,34,42,44H,13-17H2,1-12H3/b37-28+/t18-,19-,20+,21-,22-,26+,27-,29+,30-,31-,32-,34+,35-,36-/m1/s1. The van der Waals surface area contributed by atoms with E-state index >= 15 is 0 Å². The van der Waals surface area contributed by atoms with E-state index in [4.69, 9.17) is 33.3 Å². The van der Waals surface area contributed by atoms with Gasteiger partial charge in [-0.05, 0) is 61.1 Å². The van der Waals surface area contributed by atoms with Crippen LogP contribution in [0.3, 0.4) is 0 Å². The highest BCUT2D eigenvalue weighted by Crippen LogP contribution is 2.41. The summed E-state index contributed by atoms with van der Waals surface area (Å²) in [6.07, 6.45) is -6.35. The Hall–Kier alpha value is -2.53. The second-order valence-electron chi connectivity index (χ2n) is 15.3. The highest BCUT2D eigenvalue weighted by molar-refractivity contribution is 5.89. The van der Waals surface area contributed by atoms with Crippen LogP contribution < -0.4 is 0 Å². The van der Waals surface area contributed by atoms with Gasteiger partial charge in [0, 0.05) is 31.6 Å². The number of ketones is 1. The van der Waals surface area contributed by atoms with Crippen LogP contribution in [0.2, 0.25) is 0 Å². The summed E-state index contributed by atoms with van der Waals surface area (Å²) in [4.78, 5) is 58.7. The molecule has 0 aromatic heterocycles. The topological polar surface area (TPSA) is 189 Å². The Morgan fingerprint density at radius 2 is 1.67 bits per heavy atom. The summed E-state index contributed by atoms with van der Waals surface area (Å²) < 4.78 is 37.5. The van der Waals surface area contributed by atoms with E-state index < -0.39 is 109 Å². The minimum Gasteiger partial charge on any atom is -0.459 e. The predicted octanol–water partition coefficient (Wildman–Crippen LogP) is 2.41. The number of esters is 2. The lowest BCUT2D eigenvalue weighted by Gasteiger charge is -2.49. The van der Waals surface area contributed by atoms with E-state index in [1.54, 1.807) is 27.7 Å². The van der Waals surface area contributed by atoms with E-state index in [1.807, 2.05) is 32.8 Å². The Kier molecular flexibility index (Phi) is 14.7. The van der Waals surface area contributed by atoms with E-state index in [0.29, 0.717) is 12.1 Å². The number of aliphatic hydroxyl groups excluding tert-OH is 1. The highest BCUT2D eigenvalue weighted by atomic mass is 16.7. The third-order valence-corrected chi connectivity index (χ3v) is 10.6. The van der Waals surface area contributed by atoms with E-state index in [9.17, 15) is 29.4 Å². The first kappa shape index (κ1) is 42.9. The fraction of sp³-hybridized carbons (Fsp3) is 0.861. The molecule has 15 heteroatoms. The maximum atomic E-state index is 13.7. The van der Waals surface area contributed by atoms with Gasteiger partial charge in [0.1, 0.15) is 24.9 Å². The van der Waals surface area contributed by atoms with Gasteiger partial charge in [-0.2, -0.15) is 0 Å². The second kappa shape index (κ2) is 17.5. The lowest BCUT2D eigenvalue weighted by atomic mass is 9.73. The molecule has 2 bridgehead atoms. The van der Waals surface area contributed by atoms with Crippen molar-refractivity contribution in [3.63, 3.8) is 0 Å². The van der Waals surface area contributed by atoms with Crippen molar-refractivity contribution in [2.45, 2.75) is 149 Å². The van der Waals surface area contributed by atoms with E-state index in [0.717, 1.165) is 0 Å². The average Bonchev–Trinajstić information content (AvgIpc) is 3.04. The van der Waals surface area contributed by atoms with Crippen molar-refractivity contribution < 1.29 is 62.6 Å². The number of hydrogen-bond donors (Lipinski definition) is 2. The number of fused-ring (bicyclic) bond motifs is 5. The van der Waals surface area contributed by atoms with Gasteiger partial charge < -0.3 is 48.4 Å². The molecular weight excluding hydrogens is 668 g/mol. The van der Waals surface area contributed by atoms with Crippen LogP contribution in [0.25, 0.3) is 0 Å². The zero-order valence-corrected chi connectivity index (χ0v) is 32.2. The van der Waals surface area contributed by atoms with Gasteiger partial charge in [-0.25, -0.2) is 4.79 Å². The first-order chi connectivity index (χ1) is 23.6. The summed E-state index contributed by atoms with van der Waals surface area (Å²) in [6.45, 7) is 15.2. The van der Waals surface area contributed by atoms with Gasteiger partial charge in [0.15, 0.2) is 18.2 Å². The van der Waals surface area contributed by atoms with Crippen LogP contribution in [0.15, 0.2) is 5.16 Å². The summed E-state index contributed by atoms with van der Waals surface area (Å²) in [6, 6.07) is -0.298. The molecule has 0 spiro atoms. The maximum Gasteiger partial charge on any atom is 0.331 e. The van der Waals surface area contributed by atoms with Crippen molar-refractivity contribution in [3.8, 4) is 0 Å². The number of hydrogen-bond acceptors (Lipinski definition) is 15.